The van der Waals surface area contributed by atoms with Crippen LogP contribution in [0.15, 0.2) is 17.8 Å². The van der Waals surface area contributed by atoms with Crippen molar-refractivity contribution in [2.75, 3.05) is 11.9 Å². The molecule has 4 heteroatoms. The van der Waals surface area contributed by atoms with Gasteiger partial charge in [0.25, 0.3) is 0 Å². The first-order chi connectivity index (χ1) is 7.93. The molecule has 0 amide bonds. The third kappa shape index (κ3) is 1.89. The average Bonchev–Trinajstić information content (AvgIpc) is 2.97. The minimum absolute atomic E-state index is 0.838. The number of nitrogens with zero attached hydrogens (tertiary/aromatic N) is 2. The lowest BCUT2D eigenvalue weighted by molar-refractivity contribution is 0.579. The Morgan fingerprint density at radius 1 is 1.31 bits per heavy atom. The van der Waals surface area contributed by atoms with Crippen molar-refractivity contribution in [1.82, 2.24) is 9.97 Å². The van der Waals surface area contributed by atoms with Gasteiger partial charge in [-0.1, -0.05) is 12.8 Å². The van der Waals surface area contributed by atoms with Gasteiger partial charge in [-0.05, 0) is 30.2 Å². The normalized spacial score (nSPS) is 17.0. The van der Waals surface area contributed by atoms with E-state index in [4.69, 9.17) is 0 Å². The zero-order valence-corrected chi connectivity index (χ0v) is 9.96. The van der Waals surface area contributed by atoms with E-state index in [1.165, 1.54) is 30.4 Å². The summed E-state index contributed by atoms with van der Waals surface area (Å²) in [5.41, 5.74) is 1.05. The second-order valence-corrected chi connectivity index (χ2v) is 5.30. The summed E-state index contributed by atoms with van der Waals surface area (Å²) in [6.07, 6.45) is 7.17. The van der Waals surface area contributed by atoms with Crippen LogP contribution in [0.4, 0.5) is 5.82 Å². The Morgan fingerprint density at radius 2 is 2.19 bits per heavy atom. The molecule has 1 aliphatic rings. The highest BCUT2D eigenvalue weighted by molar-refractivity contribution is 7.17. The van der Waals surface area contributed by atoms with Crippen molar-refractivity contribution in [3.05, 3.63) is 17.8 Å². The summed E-state index contributed by atoms with van der Waals surface area (Å²) >= 11 is 1.71. The molecule has 0 spiro atoms. The van der Waals surface area contributed by atoms with Crippen molar-refractivity contribution >= 4 is 27.4 Å². The predicted molar refractivity (Wildman–Crippen MR) is 67.9 cm³/mol. The van der Waals surface area contributed by atoms with E-state index < -0.39 is 0 Å². The Balaban J connectivity index is 1.75. The number of fused-ring (bicyclic) bond motifs is 1. The molecule has 1 N–H and O–H groups in total. The van der Waals surface area contributed by atoms with Crippen LogP contribution >= 0.6 is 11.3 Å². The van der Waals surface area contributed by atoms with Crippen molar-refractivity contribution in [1.29, 1.82) is 0 Å². The molecule has 2 aromatic rings. The third-order valence-corrected chi connectivity index (χ3v) is 4.19. The van der Waals surface area contributed by atoms with Crippen LogP contribution in [-0.4, -0.2) is 16.5 Å². The highest BCUT2D eigenvalue weighted by Gasteiger charge is 2.15. The van der Waals surface area contributed by atoms with Gasteiger partial charge < -0.3 is 5.32 Å². The lowest BCUT2D eigenvalue weighted by Gasteiger charge is -2.11. The molecule has 1 saturated carbocycles. The fourth-order valence-electron chi connectivity index (χ4n) is 2.37. The molecule has 0 atom stereocenters. The van der Waals surface area contributed by atoms with E-state index in [-0.39, 0.29) is 0 Å². The van der Waals surface area contributed by atoms with Crippen LogP contribution in [0.2, 0.25) is 0 Å². The largest absolute Gasteiger partial charge is 0.369 e. The van der Waals surface area contributed by atoms with E-state index in [2.05, 4.69) is 20.7 Å². The van der Waals surface area contributed by atoms with Crippen LogP contribution in [0.1, 0.15) is 25.7 Å². The topological polar surface area (TPSA) is 37.8 Å². The monoisotopic (exact) mass is 233 g/mol. The van der Waals surface area contributed by atoms with Crippen molar-refractivity contribution in [3.8, 4) is 0 Å². The molecule has 3 nitrogen and oxygen atoms in total. The molecule has 1 aliphatic carbocycles. The molecule has 3 rings (SSSR count). The quantitative estimate of drug-likeness (QED) is 0.884. The fourth-order valence-corrected chi connectivity index (χ4v) is 3.18. The molecule has 2 heterocycles. The fraction of sp³-hybridized carbons (Fsp3) is 0.500. The number of nitrogens with one attached hydrogen (secondary N) is 1. The molecule has 0 unspecified atom stereocenters. The van der Waals surface area contributed by atoms with Gasteiger partial charge in [0.2, 0.25) is 0 Å². The predicted octanol–water partition coefficient (Wildman–Crippen LogP) is 3.29. The first-order valence-corrected chi connectivity index (χ1v) is 6.73. The average molecular weight is 233 g/mol. The van der Waals surface area contributed by atoms with Gasteiger partial charge in [0.05, 0.1) is 10.2 Å². The Hall–Kier alpha value is -1.16. The van der Waals surface area contributed by atoms with Gasteiger partial charge in [-0.25, -0.2) is 9.97 Å². The molecule has 0 aromatic carbocycles. The van der Waals surface area contributed by atoms with Gasteiger partial charge in [-0.2, -0.15) is 0 Å². The molecule has 0 radical (unpaired) electrons. The second-order valence-electron chi connectivity index (χ2n) is 4.39. The number of hydrogen-bond acceptors (Lipinski definition) is 4. The third-order valence-electron chi connectivity index (χ3n) is 3.28. The van der Waals surface area contributed by atoms with Crippen LogP contribution in [0.3, 0.4) is 0 Å². The maximum atomic E-state index is 4.33. The van der Waals surface area contributed by atoms with Gasteiger partial charge in [-0.15, -0.1) is 11.3 Å². The van der Waals surface area contributed by atoms with Gasteiger partial charge >= 0.3 is 0 Å². The van der Waals surface area contributed by atoms with Crippen molar-refractivity contribution in [3.63, 3.8) is 0 Å². The molecule has 1 fully saturated rings. The van der Waals surface area contributed by atoms with Gasteiger partial charge in [0, 0.05) is 6.54 Å². The van der Waals surface area contributed by atoms with Crippen LogP contribution in [-0.2, 0) is 0 Å². The highest BCUT2D eigenvalue weighted by Crippen LogP contribution is 2.28. The first-order valence-electron chi connectivity index (χ1n) is 5.85. The van der Waals surface area contributed by atoms with E-state index in [1.807, 2.05) is 6.07 Å². The van der Waals surface area contributed by atoms with Crippen molar-refractivity contribution in [2.24, 2.45) is 5.92 Å². The zero-order valence-electron chi connectivity index (χ0n) is 9.15. The van der Waals surface area contributed by atoms with E-state index in [9.17, 15) is 0 Å². The summed E-state index contributed by atoms with van der Waals surface area (Å²) < 4.78 is 1.18. The smallest absolute Gasteiger partial charge is 0.147 e. The van der Waals surface area contributed by atoms with E-state index in [0.717, 1.165) is 23.8 Å². The van der Waals surface area contributed by atoms with E-state index in [0.29, 0.717) is 0 Å². The number of anilines is 1. The summed E-state index contributed by atoms with van der Waals surface area (Å²) in [5.74, 6) is 1.84. The van der Waals surface area contributed by atoms with E-state index >= 15 is 0 Å². The molecule has 0 saturated heterocycles. The Kier molecular flexibility index (Phi) is 2.74. The standard InChI is InChI=1S/C12H15N3S/c1-2-4-9(3-1)7-13-12-11-10(5-6-16-11)14-8-15-12/h5-6,8-9H,1-4,7H2,(H,13,14,15). The van der Waals surface area contributed by atoms with E-state index in [1.54, 1.807) is 17.7 Å². The van der Waals surface area contributed by atoms with Gasteiger partial charge in [-0.3, -0.25) is 0 Å². The summed E-state index contributed by atoms with van der Waals surface area (Å²) in [7, 11) is 0. The van der Waals surface area contributed by atoms with Crippen LogP contribution in [0.5, 0.6) is 0 Å². The van der Waals surface area contributed by atoms with Crippen molar-refractivity contribution in [2.45, 2.75) is 25.7 Å². The van der Waals surface area contributed by atoms with Crippen LogP contribution < -0.4 is 5.32 Å². The Morgan fingerprint density at radius 3 is 3.06 bits per heavy atom. The second kappa shape index (κ2) is 4.37. The maximum Gasteiger partial charge on any atom is 0.147 e. The summed E-state index contributed by atoms with van der Waals surface area (Å²) in [6, 6.07) is 2.04. The summed E-state index contributed by atoms with van der Waals surface area (Å²) in [6.45, 7) is 1.06. The van der Waals surface area contributed by atoms with Crippen LogP contribution in [0.25, 0.3) is 10.2 Å². The molecular formula is C12H15N3S. The summed E-state index contributed by atoms with van der Waals surface area (Å²) in [5, 5.41) is 5.54. The number of aromatic nitrogens is 2. The van der Waals surface area contributed by atoms with Gasteiger partial charge in [0.1, 0.15) is 12.1 Å². The Labute approximate surface area is 98.9 Å². The first kappa shape index (κ1) is 10.0. The lowest BCUT2D eigenvalue weighted by atomic mass is 10.1. The molecule has 16 heavy (non-hydrogen) atoms. The molecule has 2 aromatic heterocycles. The SMILES string of the molecule is c1nc(NCC2CCCC2)c2sccc2n1. The summed E-state index contributed by atoms with van der Waals surface area (Å²) in [4.78, 5) is 8.57. The molecule has 0 aliphatic heterocycles. The molecular weight excluding hydrogens is 218 g/mol. The molecule has 0 bridgehead atoms. The number of thiophene rings is 1. The number of hydrogen-bond donors (Lipinski definition) is 1. The Bertz CT molecular complexity index is 474. The zero-order chi connectivity index (χ0) is 10.8. The van der Waals surface area contributed by atoms with Crippen molar-refractivity contribution < 1.29 is 0 Å². The molecule has 84 valence electrons. The lowest BCUT2D eigenvalue weighted by Crippen LogP contribution is -2.11. The maximum absolute atomic E-state index is 4.33. The van der Waals surface area contributed by atoms with Crippen LogP contribution in [0, 0.1) is 5.92 Å². The number of rotatable bonds is 3. The van der Waals surface area contributed by atoms with Gasteiger partial charge in [0.15, 0.2) is 0 Å². The minimum Gasteiger partial charge on any atom is -0.369 e. The minimum atomic E-state index is 0.838. The highest BCUT2D eigenvalue weighted by atomic mass is 32.1.